The van der Waals surface area contributed by atoms with E-state index >= 15 is 0 Å². The lowest BCUT2D eigenvalue weighted by Gasteiger charge is -2.17. The van der Waals surface area contributed by atoms with Crippen molar-refractivity contribution in [1.29, 1.82) is 0 Å². The topological polar surface area (TPSA) is 77.0 Å². The van der Waals surface area contributed by atoms with Crippen molar-refractivity contribution >= 4 is 16.7 Å². The van der Waals surface area contributed by atoms with Gasteiger partial charge in [-0.1, -0.05) is 43.7 Å². The van der Waals surface area contributed by atoms with Crippen LogP contribution in [0.3, 0.4) is 0 Å². The Morgan fingerprint density at radius 2 is 2.05 bits per heavy atom. The summed E-state index contributed by atoms with van der Waals surface area (Å²) >= 11 is 0. The lowest BCUT2D eigenvalue weighted by Crippen LogP contribution is -2.55. The maximum absolute atomic E-state index is 10.9. The fourth-order valence-corrected chi connectivity index (χ4v) is 2.45. The number of hydrogen-bond acceptors (Lipinski definition) is 3. The number of carboxylic acids is 1. The second-order valence-corrected chi connectivity index (χ2v) is 5.17. The highest BCUT2D eigenvalue weighted by Gasteiger charge is 2.19. The second kappa shape index (κ2) is 7.09. The Bertz CT molecular complexity index is 624. The molecule has 0 aliphatic rings. The smallest absolute Gasteiger partial charge is 0.129 e. The molecule has 21 heavy (non-hydrogen) atoms. The van der Waals surface area contributed by atoms with Gasteiger partial charge in [0, 0.05) is 12.4 Å². The van der Waals surface area contributed by atoms with Gasteiger partial charge in [0.15, 0.2) is 0 Å². The predicted octanol–water partition coefficient (Wildman–Crippen LogP) is 1.44. The van der Waals surface area contributed by atoms with Crippen molar-refractivity contribution in [1.82, 2.24) is 0 Å². The van der Waals surface area contributed by atoms with Crippen LogP contribution in [-0.2, 0) is 4.79 Å². The van der Waals surface area contributed by atoms with E-state index in [1.165, 1.54) is 0 Å². The van der Waals surface area contributed by atoms with Crippen LogP contribution in [0, 0.1) is 0 Å². The third kappa shape index (κ3) is 3.73. The Kier molecular flexibility index (Phi) is 5.17. The van der Waals surface area contributed by atoms with Crippen molar-refractivity contribution in [2.45, 2.75) is 32.2 Å². The third-order valence-electron chi connectivity index (χ3n) is 3.51. The summed E-state index contributed by atoms with van der Waals surface area (Å²) in [5.41, 5.74) is 4.84. The Morgan fingerprint density at radius 3 is 2.76 bits per heavy atom. The molecule has 4 nitrogen and oxygen atoms in total. The number of unbranched alkanes of at least 4 members (excludes halogenated alkanes) is 1. The average molecular weight is 287 g/mol. The minimum Gasteiger partial charge on any atom is -0.550 e. The molecular weight excluding hydrogens is 266 g/mol. The van der Waals surface area contributed by atoms with Crippen molar-refractivity contribution in [2.75, 3.05) is 6.61 Å². The molecule has 112 valence electrons. The molecule has 0 aliphatic heterocycles. The Balaban J connectivity index is 2.43. The van der Waals surface area contributed by atoms with Crippen LogP contribution in [0.5, 0.6) is 5.75 Å². The monoisotopic (exact) mass is 287 g/mol. The van der Waals surface area contributed by atoms with Gasteiger partial charge in [-0.15, -0.1) is 0 Å². The van der Waals surface area contributed by atoms with Crippen LogP contribution < -0.4 is 15.6 Å². The minimum absolute atomic E-state index is 0.113. The van der Waals surface area contributed by atoms with E-state index in [1.807, 2.05) is 36.4 Å². The van der Waals surface area contributed by atoms with Gasteiger partial charge < -0.3 is 20.4 Å². The number of carbonyl (C=O) groups is 1. The molecule has 0 amide bonds. The third-order valence-corrected chi connectivity index (χ3v) is 3.51. The van der Waals surface area contributed by atoms with Crippen LogP contribution in [0.2, 0.25) is 0 Å². The van der Waals surface area contributed by atoms with E-state index in [9.17, 15) is 9.90 Å². The van der Waals surface area contributed by atoms with Crippen molar-refractivity contribution in [2.24, 2.45) is 0 Å². The molecular formula is C17H21NO3. The van der Waals surface area contributed by atoms with E-state index < -0.39 is 12.0 Å². The van der Waals surface area contributed by atoms with Crippen LogP contribution in [0.4, 0.5) is 0 Å². The molecule has 2 aromatic rings. The van der Waals surface area contributed by atoms with E-state index in [0.29, 0.717) is 6.61 Å². The first-order valence-corrected chi connectivity index (χ1v) is 7.30. The van der Waals surface area contributed by atoms with Crippen LogP contribution in [-0.4, -0.2) is 12.6 Å². The van der Waals surface area contributed by atoms with Gasteiger partial charge in [0.1, 0.15) is 11.8 Å². The number of aliphatic carboxylic acids is 1. The van der Waals surface area contributed by atoms with Crippen LogP contribution >= 0.6 is 0 Å². The number of carbonyl (C=O) groups excluding carboxylic acids is 1. The molecule has 4 heteroatoms. The summed E-state index contributed by atoms with van der Waals surface area (Å²) in [5, 5.41) is 12.9. The number of hydrogen-bond donors (Lipinski definition) is 1. The van der Waals surface area contributed by atoms with Gasteiger partial charge in [0.05, 0.1) is 12.2 Å². The molecule has 2 rings (SSSR count). The molecule has 0 fully saturated rings. The number of fused-ring (bicyclic) bond motifs is 1. The predicted molar refractivity (Wildman–Crippen MR) is 79.6 cm³/mol. The van der Waals surface area contributed by atoms with Crippen molar-refractivity contribution in [3.63, 3.8) is 0 Å². The zero-order valence-electron chi connectivity index (χ0n) is 12.3. The first-order valence-electron chi connectivity index (χ1n) is 7.30. The van der Waals surface area contributed by atoms with E-state index in [2.05, 4.69) is 12.7 Å². The van der Waals surface area contributed by atoms with Gasteiger partial charge in [-0.3, -0.25) is 0 Å². The standard InChI is InChI=1S/C17H21NO3/c1-2-3-10-21-15-9-8-12-6-4-5-7-13(12)17(15)14(18)11-16(19)20/h4-9,14H,2-3,10-11,18H2,1H3,(H,19,20)/t14-/m1/s1. The van der Waals surface area contributed by atoms with Gasteiger partial charge in [-0.25, -0.2) is 0 Å². The molecule has 0 saturated carbocycles. The molecule has 0 aromatic heterocycles. The molecule has 0 unspecified atom stereocenters. The Morgan fingerprint density at radius 1 is 1.29 bits per heavy atom. The van der Waals surface area contributed by atoms with Gasteiger partial charge in [-0.05, 0) is 23.3 Å². The fourth-order valence-electron chi connectivity index (χ4n) is 2.45. The maximum Gasteiger partial charge on any atom is 0.129 e. The number of rotatable bonds is 7. The molecule has 0 heterocycles. The summed E-state index contributed by atoms with van der Waals surface area (Å²) in [6.07, 6.45) is 1.91. The summed E-state index contributed by atoms with van der Waals surface area (Å²) in [5.74, 6) is -0.370. The molecule has 1 atom stereocenters. The summed E-state index contributed by atoms with van der Waals surface area (Å²) in [7, 11) is 0. The molecule has 0 bridgehead atoms. The van der Waals surface area contributed by atoms with E-state index in [1.54, 1.807) is 0 Å². The Labute approximate surface area is 124 Å². The largest absolute Gasteiger partial charge is 0.550 e. The zero-order chi connectivity index (χ0) is 15.2. The quantitative estimate of drug-likeness (QED) is 0.783. The minimum atomic E-state index is -1.09. The fraction of sp³-hybridized carbons (Fsp3) is 0.353. The van der Waals surface area contributed by atoms with Gasteiger partial charge >= 0.3 is 0 Å². The van der Waals surface area contributed by atoms with Crippen LogP contribution in [0.25, 0.3) is 10.8 Å². The summed E-state index contributed by atoms with van der Waals surface area (Å²) in [6, 6.07) is 11.4. The first-order chi connectivity index (χ1) is 10.1. The van der Waals surface area contributed by atoms with Crippen molar-refractivity contribution in [3.05, 3.63) is 42.0 Å². The van der Waals surface area contributed by atoms with E-state index in [-0.39, 0.29) is 6.42 Å². The van der Waals surface area contributed by atoms with Crippen LogP contribution in [0.15, 0.2) is 36.4 Å². The second-order valence-electron chi connectivity index (χ2n) is 5.17. The summed E-state index contributed by atoms with van der Waals surface area (Å²) < 4.78 is 5.84. The molecule has 0 spiro atoms. The number of ether oxygens (including phenoxy) is 1. The van der Waals surface area contributed by atoms with Crippen molar-refractivity contribution in [3.8, 4) is 5.75 Å². The van der Waals surface area contributed by atoms with E-state index in [4.69, 9.17) is 4.74 Å². The molecule has 3 N–H and O–H groups in total. The van der Waals surface area contributed by atoms with E-state index in [0.717, 1.165) is 34.9 Å². The number of quaternary nitrogens is 1. The summed E-state index contributed by atoms with van der Waals surface area (Å²) in [6.45, 7) is 2.73. The average Bonchev–Trinajstić information content (AvgIpc) is 2.46. The lowest BCUT2D eigenvalue weighted by atomic mass is 9.96. The first kappa shape index (κ1) is 15.3. The molecule has 0 aliphatic carbocycles. The Hall–Kier alpha value is -2.07. The highest BCUT2D eigenvalue weighted by atomic mass is 16.5. The molecule has 0 radical (unpaired) electrons. The molecule has 0 saturated heterocycles. The van der Waals surface area contributed by atoms with Gasteiger partial charge in [-0.2, -0.15) is 0 Å². The lowest BCUT2D eigenvalue weighted by molar-refractivity contribution is -0.430. The normalized spacial score (nSPS) is 12.3. The highest BCUT2D eigenvalue weighted by Crippen LogP contribution is 2.32. The number of carboxylic acid groups (broad SMARTS) is 1. The maximum atomic E-state index is 10.9. The zero-order valence-corrected chi connectivity index (χ0v) is 12.3. The number of benzene rings is 2. The van der Waals surface area contributed by atoms with Gasteiger partial charge in [0.2, 0.25) is 0 Å². The van der Waals surface area contributed by atoms with Crippen LogP contribution in [0.1, 0.15) is 37.8 Å². The van der Waals surface area contributed by atoms with Gasteiger partial charge in [0.25, 0.3) is 0 Å². The summed E-state index contributed by atoms with van der Waals surface area (Å²) in [4.78, 5) is 10.9. The molecule has 2 aromatic carbocycles. The SMILES string of the molecule is CCCCOc1ccc2ccccc2c1[C@H]([NH3+])CC(=O)[O-]. The van der Waals surface area contributed by atoms with Crippen molar-refractivity contribution < 1.29 is 20.4 Å². The highest BCUT2D eigenvalue weighted by molar-refractivity contribution is 5.88.